The third kappa shape index (κ3) is 3.07. The van der Waals surface area contributed by atoms with Crippen LogP contribution in [0.2, 0.25) is 0 Å². The van der Waals surface area contributed by atoms with E-state index < -0.39 is 0 Å². The molecule has 6 heteroatoms. The Kier molecular flexibility index (Phi) is 4.09. The molecule has 2 aromatic heterocycles. The maximum absolute atomic E-state index is 12.3. The van der Waals surface area contributed by atoms with Crippen LogP contribution in [-0.2, 0) is 7.05 Å². The maximum atomic E-state index is 12.3. The van der Waals surface area contributed by atoms with E-state index in [-0.39, 0.29) is 11.9 Å². The molecule has 1 amide bonds. The van der Waals surface area contributed by atoms with Gasteiger partial charge in [0.15, 0.2) is 0 Å². The standard InChI is InChI=1S/C19H21N5O/c1-23-13-20-12-17(23)19(25)22-15-7-10-24(11-8-15)18-16-5-3-2-4-14(16)6-9-21-18/h2-6,9,12-13,15H,7-8,10-11H2,1H3,(H,22,25). The number of carbonyl (C=O) groups excluding carboxylic acids is 1. The first-order valence-corrected chi connectivity index (χ1v) is 8.58. The second kappa shape index (κ2) is 6.55. The highest BCUT2D eigenvalue weighted by Gasteiger charge is 2.23. The number of amides is 1. The Bertz CT molecular complexity index is 890. The van der Waals surface area contributed by atoms with Crippen molar-refractivity contribution in [3.63, 3.8) is 0 Å². The van der Waals surface area contributed by atoms with Gasteiger partial charge in [-0.25, -0.2) is 9.97 Å². The van der Waals surface area contributed by atoms with Crippen molar-refractivity contribution in [1.82, 2.24) is 19.9 Å². The molecule has 1 saturated heterocycles. The summed E-state index contributed by atoms with van der Waals surface area (Å²) < 4.78 is 1.74. The fraction of sp³-hybridized carbons (Fsp3) is 0.316. The van der Waals surface area contributed by atoms with Crippen molar-refractivity contribution >= 4 is 22.5 Å². The third-order valence-electron chi connectivity index (χ3n) is 4.83. The first kappa shape index (κ1) is 15.6. The van der Waals surface area contributed by atoms with Gasteiger partial charge in [0, 0.05) is 37.8 Å². The van der Waals surface area contributed by atoms with Crippen molar-refractivity contribution in [2.45, 2.75) is 18.9 Å². The molecule has 25 heavy (non-hydrogen) atoms. The third-order valence-corrected chi connectivity index (χ3v) is 4.83. The van der Waals surface area contributed by atoms with Crippen LogP contribution in [0, 0.1) is 0 Å². The average Bonchev–Trinajstić information content (AvgIpc) is 3.08. The number of rotatable bonds is 3. The number of pyridine rings is 1. The zero-order valence-corrected chi connectivity index (χ0v) is 14.2. The SMILES string of the molecule is Cn1cncc1C(=O)NC1CCN(c2nccc3ccccc23)CC1. The predicted octanol–water partition coefficient (Wildman–Crippen LogP) is 2.37. The van der Waals surface area contributed by atoms with E-state index in [1.54, 1.807) is 17.1 Å². The van der Waals surface area contributed by atoms with Crippen molar-refractivity contribution in [3.8, 4) is 0 Å². The Morgan fingerprint density at radius 1 is 1.20 bits per heavy atom. The number of fused-ring (bicyclic) bond motifs is 1. The monoisotopic (exact) mass is 335 g/mol. The van der Waals surface area contributed by atoms with Gasteiger partial charge in [0.05, 0.1) is 12.5 Å². The number of piperidine rings is 1. The Hall–Kier alpha value is -2.89. The molecule has 3 aromatic rings. The van der Waals surface area contributed by atoms with E-state index in [0.29, 0.717) is 5.69 Å². The van der Waals surface area contributed by atoms with Crippen molar-refractivity contribution in [1.29, 1.82) is 0 Å². The molecule has 128 valence electrons. The summed E-state index contributed by atoms with van der Waals surface area (Å²) in [4.78, 5) is 23.2. The first-order valence-electron chi connectivity index (χ1n) is 8.58. The van der Waals surface area contributed by atoms with E-state index >= 15 is 0 Å². The number of imidazole rings is 1. The molecule has 6 nitrogen and oxygen atoms in total. The summed E-state index contributed by atoms with van der Waals surface area (Å²) in [5, 5.41) is 5.51. The maximum Gasteiger partial charge on any atom is 0.269 e. The molecule has 1 aliphatic heterocycles. The van der Waals surface area contributed by atoms with Crippen molar-refractivity contribution < 1.29 is 4.79 Å². The summed E-state index contributed by atoms with van der Waals surface area (Å²) in [7, 11) is 1.83. The van der Waals surface area contributed by atoms with Crippen LogP contribution in [0.3, 0.4) is 0 Å². The number of hydrogen-bond acceptors (Lipinski definition) is 4. The highest BCUT2D eigenvalue weighted by Crippen LogP contribution is 2.26. The molecular formula is C19H21N5O. The molecular weight excluding hydrogens is 314 g/mol. The van der Waals surface area contributed by atoms with Crippen molar-refractivity contribution in [3.05, 3.63) is 54.7 Å². The van der Waals surface area contributed by atoms with Gasteiger partial charge in [-0.3, -0.25) is 4.79 Å². The van der Waals surface area contributed by atoms with E-state index in [0.717, 1.165) is 31.7 Å². The molecule has 4 rings (SSSR count). The molecule has 3 heterocycles. The first-order chi connectivity index (χ1) is 12.2. The van der Waals surface area contributed by atoms with Crippen LogP contribution >= 0.6 is 0 Å². The molecule has 0 aliphatic carbocycles. The predicted molar refractivity (Wildman–Crippen MR) is 97.7 cm³/mol. The van der Waals surface area contributed by atoms with Gasteiger partial charge in [0.25, 0.3) is 5.91 Å². The van der Waals surface area contributed by atoms with E-state index in [2.05, 4.69) is 32.3 Å². The summed E-state index contributed by atoms with van der Waals surface area (Å²) in [5.74, 6) is 0.983. The van der Waals surface area contributed by atoms with Crippen LogP contribution in [0.25, 0.3) is 10.8 Å². The van der Waals surface area contributed by atoms with Gasteiger partial charge < -0.3 is 14.8 Å². The van der Waals surface area contributed by atoms with Gasteiger partial charge in [-0.15, -0.1) is 0 Å². The van der Waals surface area contributed by atoms with Gasteiger partial charge in [0.1, 0.15) is 11.5 Å². The largest absolute Gasteiger partial charge is 0.356 e. The molecule has 0 unspecified atom stereocenters. The molecule has 1 fully saturated rings. The lowest BCUT2D eigenvalue weighted by atomic mass is 10.0. The highest BCUT2D eigenvalue weighted by molar-refractivity contribution is 5.93. The molecule has 0 spiro atoms. The molecule has 0 bridgehead atoms. The summed E-state index contributed by atoms with van der Waals surface area (Å²) in [5.41, 5.74) is 0.596. The molecule has 1 N–H and O–H groups in total. The Labute approximate surface area is 146 Å². The molecule has 1 aliphatic rings. The number of aryl methyl sites for hydroxylation is 1. The topological polar surface area (TPSA) is 63.1 Å². The Balaban J connectivity index is 1.43. The van der Waals surface area contributed by atoms with Gasteiger partial charge in [-0.1, -0.05) is 24.3 Å². The summed E-state index contributed by atoms with van der Waals surface area (Å²) in [6.07, 6.45) is 6.94. The zero-order chi connectivity index (χ0) is 17.2. The number of anilines is 1. The van der Waals surface area contributed by atoms with E-state index in [1.807, 2.05) is 31.4 Å². The average molecular weight is 335 g/mol. The fourth-order valence-corrected chi connectivity index (χ4v) is 3.43. The number of aromatic nitrogens is 3. The second-order valence-electron chi connectivity index (χ2n) is 6.48. The van der Waals surface area contributed by atoms with Crippen LogP contribution in [0.4, 0.5) is 5.82 Å². The summed E-state index contributed by atoms with van der Waals surface area (Å²) >= 11 is 0. The van der Waals surface area contributed by atoms with E-state index in [9.17, 15) is 4.79 Å². The van der Waals surface area contributed by atoms with Crippen molar-refractivity contribution in [2.24, 2.45) is 7.05 Å². The number of nitrogens with zero attached hydrogens (tertiary/aromatic N) is 4. The minimum absolute atomic E-state index is 0.0539. The van der Waals surface area contributed by atoms with Gasteiger partial charge in [-0.05, 0) is 24.3 Å². The number of carbonyl (C=O) groups is 1. The normalized spacial score (nSPS) is 15.5. The summed E-state index contributed by atoms with van der Waals surface area (Å²) in [6, 6.07) is 10.6. The lowest BCUT2D eigenvalue weighted by Gasteiger charge is -2.33. The minimum Gasteiger partial charge on any atom is -0.356 e. The molecule has 1 aromatic carbocycles. The number of hydrogen-bond donors (Lipinski definition) is 1. The van der Waals surface area contributed by atoms with Crippen LogP contribution in [-0.4, -0.2) is 39.6 Å². The molecule has 0 saturated carbocycles. The van der Waals surface area contributed by atoms with Crippen molar-refractivity contribution in [2.75, 3.05) is 18.0 Å². The lowest BCUT2D eigenvalue weighted by molar-refractivity contribution is 0.0923. The quantitative estimate of drug-likeness (QED) is 0.798. The Morgan fingerprint density at radius 2 is 2.00 bits per heavy atom. The van der Waals surface area contributed by atoms with Gasteiger partial charge in [-0.2, -0.15) is 0 Å². The summed E-state index contributed by atoms with van der Waals surface area (Å²) in [6.45, 7) is 1.77. The number of benzene rings is 1. The molecule has 0 radical (unpaired) electrons. The molecule has 0 atom stereocenters. The lowest BCUT2D eigenvalue weighted by Crippen LogP contribution is -2.45. The van der Waals surface area contributed by atoms with Crippen LogP contribution in [0.15, 0.2) is 49.1 Å². The van der Waals surface area contributed by atoms with Crippen LogP contribution in [0.1, 0.15) is 23.3 Å². The zero-order valence-electron chi connectivity index (χ0n) is 14.2. The van der Waals surface area contributed by atoms with Gasteiger partial charge in [0.2, 0.25) is 0 Å². The van der Waals surface area contributed by atoms with E-state index in [1.165, 1.54) is 10.8 Å². The van der Waals surface area contributed by atoms with Crippen LogP contribution < -0.4 is 10.2 Å². The second-order valence-corrected chi connectivity index (χ2v) is 6.48. The minimum atomic E-state index is -0.0539. The Morgan fingerprint density at radius 3 is 2.76 bits per heavy atom. The van der Waals surface area contributed by atoms with Crippen LogP contribution in [0.5, 0.6) is 0 Å². The number of nitrogens with one attached hydrogen (secondary N) is 1. The fourth-order valence-electron chi connectivity index (χ4n) is 3.43. The van der Waals surface area contributed by atoms with E-state index in [4.69, 9.17) is 0 Å². The smallest absolute Gasteiger partial charge is 0.269 e. The van der Waals surface area contributed by atoms with Gasteiger partial charge >= 0.3 is 0 Å². The highest BCUT2D eigenvalue weighted by atomic mass is 16.2.